The number of rotatable bonds is 8. The van der Waals surface area contributed by atoms with Crippen molar-refractivity contribution in [3.8, 4) is 11.5 Å². The summed E-state index contributed by atoms with van der Waals surface area (Å²) in [7, 11) is 1.78. The zero-order valence-electron chi connectivity index (χ0n) is 15.8. The fourth-order valence-corrected chi connectivity index (χ4v) is 3.66. The Labute approximate surface area is 163 Å². The lowest BCUT2D eigenvalue weighted by molar-refractivity contribution is -0.134. The predicted molar refractivity (Wildman–Crippen MR) is 109 cm³/mol. The monoisotopic (exact) mass is 384 g/mol. The first-order chi connectivity index (χ1) is 13.1. The summed E-state index contributed by atoms with van der Waals surface area (Å²) in [5.41, 5.74) is 0.962. The molecular formula is C21H24N2O3S. The number of carbonyl (C=O) groups excluding carboxylic acids is 1. The van der Waals surface area contributed by atoms with Gasteiger partial charge >= 0.3 is 0 Å². The van der Waals surface area contributed by atoms with Crippen molar-refractivity contribution in [3.63, 3.8) is 0 Å². The second kappa shape index (κ2) is 8.86. The van der Waals surface area contributed by atoms with Gasteiger partial charge in [0.25, 0.3) is 5.91 Å². The van der Waals surface area contributed by atoms with Gasteiger partial charge < -0.3 is 14.4 Å². The van der Waals surface area contributed by atoms with E-state index < -0.39 is 0 Å². The molecule has 1 aromatic heterocycles. The summed E-state index contributed by atoms with van der Waals surface area (Å²) in [6.07, 6.45) is 0.912. The van der Waals surface area contributed by atoms with Crippen LogP contribution in [0.2, 0.25) is 0 Å². The number of likely N-dealkylation sites (N-methyl/N-ethyl adjacent to an activating group) is 1. The van der Waals surface area contributed by atoms with Crippen LogP contribution >= 0.6 is 11.3 Å². The zero-order valence-corrected chi connectivity index (χ0v) is 16.7. The summed E-state index contributed by atoms with van der Waals surface area (Å²) in [4.78, 5) is 18.9. The Bertz CT molecular complexity index is 876. The molecule has 0 unspecified atom stereocenters. The normalized spacial score (nSPS) is 12.0. The molecule has 27 heavy (non-hydrogen) atoms. The van der Waals surface area contributed by atoms with E-state index in [4.69, 9.17) is 9.47 Å². The minimum Gasteiger partial charge on any atom is -0.490 e. The maximum absolute atomic E-state index is 12.6. The molecule has 0 spiro atoms. The van der Waals surface area contributed by atoms with Crippen LogP contribution in [0.3, 0.4) is 0 Å². The van der Waals surface area contributed by atoms with E-state index in [-0.39, 0.29) is 18.6 Å². The molecule has 0 N–H and O–H groups in total. The lowest BCUT2D eigenvalue weighted by atomic mass is 10.3. The number of hydrogen-bond acceptors (Lipinski definition) is 5. The van der Waals surface area contributed by atoms with Crippen LogP contribution < -0.4 is 9.47 Å². The maximum Gasteiger partial charge on any atom is 0.260 e. The van der Waals surface area contributed by atoms with Gasteiger partial charge in [-0.3, -0.25) is 4.79 Å². The molecule has 0 aliphatic heterocycles. The fourth-order valence-electron chi connectivity index (χ4n) is 2.59. The SMILES string of the molecule is CCCOc1ccccc1OCC(=O)N(C)[C@H](C)c1nc2ccccc2s1. The summed E-state index contributed by atoms with van der Waals surface area (Å²) >= 11 is 1.61. The number of amides is 1. The quantitative estimate of drug-likeness (QED) is 0.566. The van der Waals surface area contributed by atoms with Crippen LogP contribution in [-0.4, -0.2) is 36.1 Å². The molecule has 0 saturated heterocycles. The predicted octanol–water partition coefficient (Wildman–Crippen LogP) is 4.68. The standard InChI is InChI=1S/C21H24N2O3S/c1-4-13-25-17-10-6-7-11-18(17)26-14-20(24)23(3)15(2)21-22-16-9-5-8-12-19(16)27-21/h5-12,15H,4,13-14H2,1-3H3/t15-/m1/s1. The first-order valence-electron chi connectivity index (χ1n) is 9.06. The fraction of sp³-hybridized carbons (Fsp3) is 0.333. The first kappa shape index (κ1) is 19.2. The lowest BCUT2D eigenvalue weighted by Gasteiger charge is -2.23. The number of carbonyl (C=O) groups is 1. The minimum absolute atomic E-state index is 0.0434. The van der Waals surface area contributed by atoms with E-state index in [0.717, 1.165) is 21.6 Å². The number of para-hydroxylation sites is 3. The highest BCUT2D eigenvalue weighted by molar-refractivity contribution is 7.18. The van der Waals surface area contributed by atoms with Crippen molar-refractivity contribution in [1.29, 1.82) is 0 Å². The highest BCUT2D eigenvalue weighted by atomic mass is 32.1. The van der Waals surface area contributed by atoms with Crippen molar-refractivity contribution in [2.24, 2.45) is 0 Å². The van der Waals surface area contributed by atoms with Gasteiger partial charge in [0.2, 0.25) is 0 Å². The average molecular weight is 385 g/mol. The van der Waals surface area contributed by atoms with Crippen LogP contribution in [0.15, 0.2) is 48.5 Å². The van der Waals surface area contributed by atoms with Crippen molar-refractivity contribution < 1.29 is 14.3 Å². The van der Waals surface area contributed by atoms with E-state index in [2.05, 4.69) is 4.98 Å². The maximum atomic E-state index is 12.6. The van der Waals surface area contributed by atoms with E-state index in [1.807, 2.05) is 62.4 Å². The van der Waals surface area contributed by atoms with Gasteiger partial charge in [0.15, 0.2) is 18.1 Å². The highest BCUT2D eigenvalue weighted by Crippen LogP contribution is 2.29. The number of hydrogen-bond donors (Lipinski definition) is 0. The molecule has 3 rings (SSSR count). The largest absolute Gasteiger partial charge is 0.490 e. The third-order valence-electron chi connectivity index (χ3n) is 4.30. The molecule has 2 aromatic carbocycles. The van der Waals surface area contributed by atoms with Crippen molar-refractivity contribution in [3.05, 3.63) is 53.5 Å². The van der Waals surface area contributed by atoms with Crippen LogP contribution in [0.25, 0.3) is 10.2 Å². The Balaban J connectivity index is 1.63. The number of benzene rings is 2. The van der Waals surface area contributed by atoms with Crippen LogP contribution in [0.4, 0.5) is 0 Å². The number of fused-ring (bicyclic) bond motifs is 1. The summed E-state index contributed by atoms with van der Waals surface area (Å²) in [5.74, 6) is 1.14. The van der Waals surface area contributed by atoms with Crippen LogP contribution in [-0.2, 0) is 4.79 Å². The zero-order chi connectivity index (χ0) is 19.2. The molecule has 142 valence electrons. The minimum atomic E-state index is -0.120. The number of ether oxygens (including phenoxy) is 2. The van der Waals surface area contributed by atoms with Gasteiger partial charge in [0, 0.05) is 7.05 Å². The molecule has 1 atom stereocenters. The molecule has 6 heteroatoms. The second-order valence-electron chi connectivity index (χ2n) is 6.28. The first-order valence-corrected chi connectivity index (χ1v) is 9.87. The smallest absolute Gasteiger partial charge is 0.260 e. The third kappa shape index (κ3) is 4.57. The van der Waals surface area contributed by atoms with E-state index in [1.165, 1.54) is 0 Å². The summed E-state index contributed by atoms with van der Waals surface area (Å²) in [5, 5.41) is 0.915. The summed E-state index contributed by atoms with van der Waals surface area (Å²) in [6, 6.07) is 15.3. The van der Waals surface area contributed by atoms with Gasteiger partial charge in [-0.2, -0.15) is 0 Å². The van der Waals surface area contributed by atoms with Gasteiger partial charge in [0.1, 0.15) is 5.01 Å². The summed E-state index contributed by atoms with van der Waals surface area (Å²) < 4.78 is 12.5. The molecule has 0 saturated carbocycles. The molecule has 0 aliphatic rings. The van der Waals surface area contributed by atoms with Gasteiger partial charge in [-0.1, -0.05) is 31.2 Å². The molecule has 0 radical (unpaired) electrons. The average Bonchev–Trinajstić information content (AvgIpc) is 3.14. The van der Waals surface area contributed by atoms with E-state index in [1.54, 1.807) is 23.3 Å². The van der Waals surface area contributed by atoms with Gasteiger partial charge in [-0.15, -0.1) is 11.3 Å². The van der Waals surface area contributed by atoms with Crippen LogP contribution in [0, 0.1) is 0 Å². The summed E-state index contributed by atoms with van der Waals surface area (Å²) in [6.45, 7) is 4.60. The Morgan fingerprint density at radius 3 is 2.48 bits per heavy atom. The number of aromatic nitrogens is 1. The molecule has 1 amide bonds. The molecule has 5 nitrogen and oxygen atoms in total. The number of thiazole rings is 1. The Hall–Kier alpha value is -2.60. The van der Waals surface area contributed by atoms with Crippen molar-refractivity contribution in [1.82, 2.24) is 9.88 Å². The molecule has 1 heterocycles. The number of nitrogens with zero attached hydrogens (tertiary/aromatic N) is 2. The third-order valence-corrected chi connectivity index (χ3v) is 5.51. The van der Waals surface area contributed by atoms with Crippen LogP contribution in [0.1, 0.15) is 31.3 Å². The molecular weight excluding hydrogens is 360 g/mol. The highest BCUT2D eigenvalue weighted by Gasteiger charge is 2.21. The lowest BCUT2D eigenvalue weighted by Crippen LogP contribution is -2.33. The Morgan fingerprint density at radius 2 is 1.78 bits per heavy atom. The molecule has 0 fully saturated rings. The second-order valence-corrected chi connectivity index (χ2v) is 7.35. The van der Waals surface area contributed by atoms with Crippen molar-refractivity contribution in [2.45, 2.75) is 26.3 Å². The van der Waals surface area contributed by atoms with Crippen molar-refractivity contribution >= 4 is 27.5 Å². The topological polar surface area (TPSA) is 51.7 Å². The van der Waals surface area contributed by atoms with E-state index >= 15 is 0 Å². The van der Waals surface area contributed by atoms with Gasteiger partial charge in [-0.25, -0.2) is 4.98 Å². The van der Waals surface area contributed by atoms with E-state index in [9.17, 15) is 4.79 Å². The molecule has 0 bridgehead atoms. The van der Waals surface area contributed by atoms with Crippen molar-refractivity contribution in [2.75, 3.05) is 20.3 Å². The molecule has 0 aliphatic carbocycles. The van der Waals surface area contributed by atoms with Gasteiger partial charge in [-0.05, 0) is 37.6 Å². The molecule has 3 aromatic rings. The Morgan fingerprint density at radius 1 is 1.11 bits per heavy atom. The Kier molecular flexibility index (Phi) is 6.29. The van der Waals surface area contributed by atoms with E-state index in [0.29, 0.717) is 18.1 Å². The van der Waals surface area contributed by atoms with Gasteiger partial charge in [0.05, 0.1) is 22.9 Å². The van der Waals surface area contributed by atoms with Crippen LogP contribution in [0.5, 0.6) is 11.5 Å².